The molecule has 3 rings (SSSR count). The van der Waals surface area contributed by atoms with E-state index in [4.69, 9.17) is 4.74 Å². The fourth-order valence-electron chi connectivity index (χ4n) is 3.17. The van der Waals surface area contributed by atoms with Crippen LogP contribution < -0.4 is 0 Å². The van der Waals surface area contributed by atoms with E-state index in [1.807, 2.05) is 0 Å². The Bertz CT molecular complexity index is 164. The van der Waals surface area contributed by atoms with Gasteiger partial charge in [0.15, 0.2) is 0 Å². The van der Waals surface area contributed by atoms with Crippen molar-refractivity contribution in [2.24, 2.45) is 11.8 Å². The number of rotatable bonds is 0. The number of hydrogen-bond acceptors (Lipinski definition) is 2. The van der Waals surface area contributed by atoms with Gasteiger partial charge in [0.05, 0.1) is 12.2 Å². The summed E-state index contributed by atoms with van der Waals surface area (Å²) in [6.45, 7) is 2.57. The Morgan fingerprint density at radius 1 is 1.09 bits per heavy atom. The summed E-state index contributed by atoms with van der Waals surface area (Å²) >= 11 is 0. The molecule has 0 unspecified atom stereocenters. The SMILES string of the molecule is CN1C[C@@H]2[C@H](C1)[C@@H]1CC[C@@H]2O1. The maximum atomic E-state index is 5.86. The Labute approximate surface area is 67.5 Å². The van der Waals surface area contributed by atoms with Crippen LogP contribution in [0.4, 0.5) is 0 Å². The Kier molecular flexibility index (Phi) is 1.16. The highest BCUT2D eigenvalue weighted by molar-refractivity contribution is 5.01. The highest BCUT2D eigenvalue weighted by Crippen LogP contribution is 2.46. The van der Waals surface area contributed by atoms with E-state index in [1.54, 1.807) is 0 Å². The van der Waals surface area contributed by atoms with E-state index >= 15 is 0 Å². The number of likely N-dealkylation sites (tertiary alicyclic amines) is 1. The molecule has 0 N–H and O–H groups in total. The van der Waals surface area contributed by atoms with Crippen molar-refractivity contribution >= 4 is 0 Å². The third-order valence-electron chi connectivity index (χ3n) is 3.64. The maximum Gasteiger partial charge on any atom is 0.0624 e. The summed E-state index contributed by atoms with van der Waals surface area (Å²) in [6, 6.07) is 0. The van der Waals surface area contributed by atoms with Crippen molar-refractivity contribution in [1.82, 2.24) is 4.90 Å². The average Bonchev–Trinajstić information content (AvgIpc) is 2.53. The van der Waals surface area contributed by atoms with Crippen molar-refractivity contribution in [2.75, 3.05) is 20.1 Å². The summed E-state index contributed by atoms with van der Waals surface area (Å²) in [6.07, 6.45) is 3.93. The lowest BCUT2D eigenvalue weighted by Gasteiger charge is -2.18. The second-order valence-electron chi connectivity index (χ2n) is 4.34. The van der Waals surface area contributed by atoms with Gasteiger partial charge in [0, 0.05) is 24.9 Å². The smallest absolute Gasteiger partial charge is 0.0624 e. The largest absolute Gasteiger partial charge is 0.374 e. The predicted molar refractivity (Wildman–Crippen MR) is 42.4 cm³/mol. The lowest BCUT2D eigenvalue weighted by atomic mass is 9.82. The normalized spacial score (nSPS) is 55.4. The van der Waals surface area contributed by atoms with Gasteiger partial charge in [0.1, 0.15) is 0 Å². The number of ether oxygens (including phenoxy) is 1. The molecule has 2 bridgehead atoms. The topological polar surface area (TPSA) is 12.5 Å². The summed E-state index contributed by atoms with van der Waals surface area (Å²) in [5.74, 6) is 1.78. The summed E-state index contributed by atoms with van der Waals surface area (Å²) in [4.78, 5) is 2.46. The zero-order valence-corrected chi connectivity index (χ0v) is 6.99. The van der Waals surface area contributed by atoms with Gasteiger partial charge in [-0.25, -0.2) is 0 Å². The minimum atomic E-state index is 0.634. The predicted octanol–water partition coefficient (Wildman–Crippen LogP) is 0.725. The van der Waals surface area contributed by atoms with Crippen LogP contribution in [0, 0.1) is 11.8 Å². The minimum Gasteiger partial charge on any atom is -0.374 e. The van der Waals surface area contributed by atoms with Crippen LogP contribution in [0.1, 0.15) is 12.8 Å². The fourth-order valence-corrected chi connectivity index (χ4v) is 3.17. The Morgan fingerprint density at radius 2 is 1.64 bits per heavy atom. The second kappa shape index (κ2) is 1.99. The van der Waals surface area contributed by atoms with Crippen LogP contribution in [0.15, 0.2) is 0 Å². The molecular formula is C9H15NO. The molecule has 0 radical (unpaired) electrons. The van der Waals surface area contributed by atoms with E-state index in [2.05, 4.69) is 11.9 Å². The van der Waals surface area contributed by atoms with Crippen LogP contribution in [0.5, 0.6) is 0 Å². The third-order valence-corrected chi connectivity index (χ3v) is 3.64. The highest BCUT2D eigenvalue weighted by Gasteiger charge is 2.52. The zero-order chi connectivity index (χ0) is 7.42. The van der Waals surface area contributed by atoms with Gasteiger partial charge < -0.3 is 9.64 Å². The molecule has 62 valence electrons. The molecule has 0 amide bonds. The van der Waals surface area contributed by atoms with Crippen LogP contribution >= 0.6 is 0 Å². The van der Waals surface area contributed by atoms with Gasteiger partial charge in [-0.1, -0.05) is 0 Å². The van der Waals surface area contributed by atoms with Gasteiger partial charge in [-0.3, -0.25) is 0 Å². The molecule has 0 spiro atoms. The molecule has 11 heavy (non-hydrogen) atoms. The van der Waals surface area contributed by atoms with Crippen molar-refractivity contribution in [3.63, 3.8) is 0 Å². The Hall–Kier alpha value is -0.0800. The van der Waals surface area contributed by atoms with E-state index in [0.717, 1.165) is 11.8 Å². The molecule has 3 saturated heterocycles. The molecule has 0 aromatic carbocycles. The minimum absolute atomic E-state index is 0.634. The Morgan fingerprint density at radius 3 is 2.18 bits per heavy atom. The van der Waals surface area contributed by atoms with Gasteiger partial charge in [0.2, 0.25) is 0 Å². The van der Waals surface area contributed by atoms with Crippen LogP contribution in [0.3, 0.4) is 0 Å². The van der Waals surface area contributed by atoms with Crippen molar-refractivity contribution in [3.8, 4) is 0 Å². The lowest BCUT2D eigenvalue weighted by molar-refractivity contribution is 0.0735. The Balaban J connectivity index is 1.87. The first-order valence-electron chi connectivity index (χ1n) is 4.68. The monoisotopic (exact) mass is 153 g/mol. The van der Waals surface area contributed by atoms with Gasteiger partial charge in [-0.2, -0.15) is 0 Å². The molecule has 2 heteroatoms. The van der Waals surface area contributed by atoms with E-state index in [1.165, 1.54) is 25.9 Å². The highest BCUT2D eigenvalue weighted by atomic mass is 16.5. The van der Waals surface area contributed by atoms with Gasteiger partial charge in [0.25, 0.3) is 0 Å². The number of hydrogen-bond donors (Lipinski definition) is 0. The maximum absolute atomic E-state index is 5.86. The van der Waals surface area contributed by atoms with Crippen LogP contribution in [0.2, 0.25) is 0 Å². The molecule has 3 aliphatic heterocycles. The van der Waals surface area contributed by atoms with E-state index in [9.17, 15) is 0 Å². The van der Waals surface area contributed by atoms with Crippen LogP contribution in [-0.2, 0) is 4.74 Å². The zero-order valence-electron chi connectivity index (χ0n) is 6.99. The van der Waals surface area contributed by atoms with Crippen molar-refractivity contribution in [1.29, 1.82) is 0 Å². The summed E-state index contributed by atoms with van der Waals surface area (Å²) in [7, 11) is 2.23. The molecule has 4 atom stereocenters. The van der Waals surface area contributed by atoms with E-state index in [-0.39, 0.29) is 0 Å². The summed E-state index contributed by atoms with van der Waals surface area (Å²) < 4.78 is 5.86. The van der Waals surface area contributed by atoms with Crippen LogP contribution in [0.25, 0.3) is 0 Å². The standard InChI is InChI=1S/C9H15NO/c1-10-4-6-7(5-10)9-3-2-8(6)11-9/h6-9H,2-5H2,1H3/t6-,7+,8-,9-/m0/s1. The van der Waals surface area contributed by atoms with Gasteiger partial charge >= 0.3 is 0 Å². The molecule has 3 aliphatic rings. The molecule has 3 heterocycles. The van der Waals surface area contributed by atoms with Crippen molar-refractivity contribution in [3.05, 3.63) is 0 Å². The second-order valence-corrected chi connectivity index (χ2v) is 4.34. The molecule has 0 aromatic heterocycles. The first kappa shape index (κ1) is 6.44. The molecule has 0 saturated carbocycles. The molecule has 0 aliphatic carbocycles. The van der Waals surface area contributed by atoms with E-state index < -0.39 is 0 Å². The van der Waals surface area contributed by atoms with Gasteiger partial charge in [-0.05, 0) is 19.9 Å². The number of nitrogens with zero attached hydrogens (tertiary/aromatic N) is 1. The first-order valence-corrected chi connectivity index (χ1v) is 4.68. The lowest BCUT2D eigenvalue weighted by Crippen LogP contribution is -2.24. The first-order chi connectivity index (χ1) is 5.34. The van der Waals surface area contributed by atoms with Crippen molar-refractivity contribution in [2.45, 2.75) is 25.0 Å². The molecule has 3 fully saturated rings. The molecule has 2 nitrogen and oxygen atoms in total. The molecule has 0 aromatic rings. The summed E-state index contributed by atoms with van der Waals surface area (Å²) in [5.41, 5.74) is 0. The average molecular weight is 153 g/mol. The van der Waals surface area contributed by atoms with E-state index in [0.29, 0.717) is 12.2 Å². The third kappa shape index (κ3) is 0.744. The summed E-state index contributed by atoms with van der Waals surface area (Å²) in [5, 5.41) is 0. The van der Waals surface area contributed by atoms with Gasteiger partial charge in [-0.15, -0.1) is 0 Å². The van der Waals surface area contributed by atoms with Crippen molar-refractivity contribution < 1.29 is 4.74 Å². The fraction of sp³-hybridized carbons (Fsp3) is 1.00. The molecular weight excluding hydrogens is 138 g/mol. The van der Waals surface area contributed by atoms with Crippen LogP contribution in [-0.4, -0.2) is 37.2 Å². The quantitative estimate of drug-likeness (QED) is 0.508. The number of fused-ring (bicyclic) bond motifs is 5.